The molecule has 0 aliphatic heterocycles. The summed E-state index contributed by atoms with van der Waals surface area (Å²) in [6.07, 6.45) is 3.09. The lowest BCUT2D eigenvalue weighted by Gasteiger charge is -2.10. The number of benzene rings is 2. The molecular formula is C21H18FN5O2. The summed E-state index contributed by atoms with van der Waals surface area (Å²) in [4.78, 5) is 29.5. The first kappa shape index (κ1) is 18.5. The van der Waals surface area contributed by atoms with Crippen LogP contribution in [0.2, 0.25) is 0 Å². The van der Waals surface area contributed by atoms with Gasteiger partial charge in [-0.1, -0.05) is 30.3 Å². The SMILES string of the molecule is Cc1nc2ccccc2c(=O)n1CC(=O)Nc1cnn(Cc2ccccc2F)c1. The number of nitrogens with zero attached hydrogens (tertiary/aromatic N) is 4. The maximum Gasteiger partial charge on any atom is 0.261 e. The Kier molecular flexibility index (Phi) is 4.90. The van der Waals surface area contributed by atoms with E-state index in [4.69, 9.17) is 0 Å². The molecule has 0 saturated heterocycles. The molecule has 0 unspecified atom stereocenters. The van der Waals surface area contributed by atoms with Crippen LogP contribution >= 0.6 is 0 Å². The minimum atomic E-state index is -0.377. The van der Waals surface area contributed by atoms with Gasteiger partial charge in [0.2, 0.25) is 5.91 Å². The van der Waals surface area contributed by atoms with Crippen LogP contribution in [-0.2, 0) is 17.9 Å². The Morgan fingerprint density at radius 2 is 1.90 bits per heavy atom. The summed E-state index contributed by atoms with van der Waals surface area (Å²) >= 11 is 0. The summed E-state index contributed by atoms with van der Waals surface area (Å²) in [5.74, 6) is -0.232. The highest BCUT2D eigenvalue weighted by atomic mass is 19.1. The number of carbonyl (C=O) groups is 1. The molecule has 0 saturated carbocycles. The highest BCUT2D eigenvalue weighted by Crippen LogP contribution is 2.12. The number of hydrogen-bond donors (Lipinski definition) is 1. The number of amides is 1. The highest BCUT2D eigenvalue weighted by Gasteiger charge is 2.12. The predicted molar refractivity (Wildman–Crippen MR) is 107 cm³/mol. The second kappa shape index (κ2) is 7.67. The fourth-order valence-electron chi connectivity index (χ4n) is 3.13. The Labute approximate surface area is 165 Å². The largest absolute Gasteiger partial charge is 0.322 e. The number of anilines is 1. The van der Waals surface area contributed by atoms with Crippen molar-refractivity contribution in [1.29, 1.82) is 0 Å². The van der Waals surface area contributed by atoms with Gasteiger partial charge in [-0.3, -0.25) is 18.8 Å². The quantitative estimate of drug-likeness (QED) is 0.567. The lowest BCUT2D eigenvalue weighted by atomic mass is 10.2. The van der Waals surface area contributed by atoms with Gasteiger partial charge in [-0.25, -0.2) is 9.37 Å². The van der Waals surface area contributed by atoms with E-state index in [2.05, 4.69) is 15.4 Å². The van der Waals surface area contributed by atoms with Crippen molar-refractivity contribution in [2.75, 3.05) is 5.32 Å². The molecule has 4 aromatic rings. The summed E-state index contributed by atoms with van der Waals surface area (Å²) in [7, 11) is 0. The van der Waals surface area contributed by atoms with Crippen LogP contribution in [0.15, 0.2) is 65.7 Å². The predicted octanol–water partition coefficient (Wildman–Crippen LogP) is 2.73. The number of halogens is 1. The first-order valence-electron chi connectivity index (χ1n) is 9.03. The van der Waals surface area contributed by atoms with Crippen molar-refractivity contribution < 1.29 is 9.18 Å². The fourth-order valence-corrected chi connectivity index (χ4v) is 3.13. The van der Waals surface area contributed by atoms with E-state index < -0.39 is 0 Å². The highest BCUT2D eigenvalue weighted by molar-refractivity contribution is 5.90. The molecular weight excluding hydrogens is 373 g/mol. The Bertz CT molecular complexity index is 1260. The normalized spacial score (nSPS) is 11.0. The Hall–Kier alpha value is -3.81. The Morgan fingerprint density at radius 1 is 1.14 bits per heavy atom. The van der Waals surface area contributed by atoms with E-state index in [0.29, 0.717) is 28.0 Å². The minimum absolute atomic E-state index is 0.166. The fraction of sp³-hybridized carbons (Fsp3) is 0.143. The van der Waals surface area contributed by atoms with Gasteiger partial charge >= 0.3 is 0 Å². The second-order valence-electron chi connectivity index (χ2n) is 6.63. The lowest BCUT2D eigenvalue weighted by Crippen LogP contribution is -2.30. The van der Waals surface area contributed by atoms with Gasteiger partial charge in [-0.05, 0) is 25.1 Å². The van der Waals surface area contributed by atoms with Gasteiger partial charge in [-0.15, -0.1) is 0 Å². The summed E-state index contributed by atoms with van der Waals surface area (Å²) in [6.45, 7) is 1.77. The number of nitrogens with one attached hydrogen (secondary N) is 1. The number of para-hydroxylation sites is 1. The summed E-state index contributed by atoms with van der Waals surface area (Å²) in [5.41, 5.74) is 1.29. The van der Waals surface area contributed by atoms with E-state index in [1.807, 2.05) is 6.07 Å². The molecule has 146 valence electrons. The van der Waals surface area contributed by atoms with Gasteiger partial charge in [0.15, 0.2) is 0 Å². The van der Waals surface area contributed by atoms with Crippen molar-refractivity contribution >= 4 is 22.5 Å². The third kappa shape index (κ3) is 3.91. The monoisotopic (exact) mass is 391 g/mol. The molecule has 4 rings (SSSR count). The zero-order valence-corrected chi connectivity index (χ0v) is 15.7. The molecule has 0 aliphatic carbocycles. The third-order valence-corrected chi connectivity index (χ3v) is 4.56. The van der Waals surface area contributed by atoms with E-state index in [1.165, 1.54) is 21.5 Å². The topological polar surface area (TPSA) is 81.8 Å². The molecule has 2 aromatic heterocycles. The van der Waals surface area contributed by atoms with Gasteiger partial charge in [0.1, 0.15) is 18.2 Å². The van der Waals surface area contributed by atoms with Crippen LogP contribution in [0.4, 0.5) is 10.1 Å². The van der Waals surface area contributed by atoms with Gasteiger partial charge in [0.25, 0.3) is 5.56 Å². The molecule has 0 spiro atoms. The molecule has 29 heavy (non-hydrogen) atoms. The van der Waals surface area contributed by atoms with E-state index >= 15 is 0 Å². The number of carbonyl (C=O) groups excluding carboxylic acids is 1. The lowest BCUT2D eigenvalue weighted by molar-refractivity contribution is -0.116. The first-order valence-corrected chi connectivity index (χ1v) is 9.03. The molecule has 0 radical (unpaired) electrons. The summed E-state index contributed by atoms with van der Waals surface area (Å²) in [6, 6.07) is 13.5. The zero-order valence-electron chi connectivity index (χ0n) is 15.7. The molecule has 0 aliphatic rings. The maximum atomic E-state index is 13.8. The zero-order chi connectivity index (χ0) is 20.4. The number of rotatable bonds is 5. The number of aryl methyl sites for hydroxylation is 1. The molecule has 0 fully saturated rings. The van der Waals surface area contributed by atoms with E-state index in [0.717, 1.165) is 0 Å². The average molecular weight is 391 g/mol. The molecule has 8 heteroatoms. The summed E-state index contributed by atoms with van der Waals surface area (Å²) in [5, 5.41) is 7.31. The average Bonchev–Trinajstić information content (AvgIpc) is 3.13. The maximum absolute atomic E-state index is 13.8. The third-order valence-electron chi connectivity index (χ3n) is 4.56. The number of aromatic nitrogens is 4. The molecule has 1 amide bonds. The summed E-state index contributed by atoms with van der Waals surface area (Å²) < 4.78 is 16.6. The number of fused-ring (bicyclic) bond motifs is 1. The van der Waals surface area contributed by atoms with Gasteiger partial charge in [-0.2, -0.15) is 5.10 Å². The molecule has 0 atom stereocenters. The van der Waals surface area contributed by atoms with Crippen molar-refractivity contribution in [1.82, 2.24) is 19.3 Å². The van der Waals surface area contributed by atoms with Crippen molar-refractivity contribution in [3.63, 3.8) is 0 Å². The van der Waals surface area contributed by atoms with Crippen LogP contribution in [0.3, 0.4) is 0 Å². The van der Waals surface area contributed by atoms with Crippen LogP contribution in [-0.4, -0.2) is 25.2 Å². The van der Waals surface area contributed by atoms with E-state index in [1.54, 1.807) is 49.5 Å². The van der Waals surface area contributed by atoms with Crippen LogP contribution in [0.25, 0.3) is 10.9 Å². The van der Waals surface area contributed by atoms with Crippen molar-refractivity contribution in [3.8, 4) is 0 Å². The minimum Gasteiger partial charge on any atom is -0.322 e. The van der Waals surface area contributed by atoms with E-state index in [-0.39, 0.29) is 30.4 Å². The van der Waals surface area contributed by atoms with Crippen molar-refractivity contribution in [2.24, 2.45) is 0 Å². The van der Waals surface area contributed by atoms with Crippen LogP contribution in [0.1, 0.15) is 11.4 Å². The van der Waals surface area contributed by atoms with Crippen molar-refractivity contribution in [2.45, 2.75) is 20.0 Å². The van der Waals surface area contributed by atoms with Gasteiger partial charge in [0, 0.05) is 11.8 Å². The Morgan fingerprint density at radius 3 is 2.72 bits per heavy atom. The van der Waals surface area contributed by atoms with E-state index in [9.17, 15) is 14.0 Å². The molecule has 2 aromatic carbocycles. The standard InChI is InChI=1S/C21H18FN5O2/c1-14-24-19-9-5-3-7-17(19)21(29)27(14)13-20(28)25-16-10-23-26(12-16)11-15-6-2-4-8-18(15)22/h2-10,12H,11,13H2,1H3,(H,25,28). The van der Waals surface area contributed by atoms with Crippen LogP contribution in [0.5, 0.6) is 0 Å². The first-order chi connectivity index (χ1) is 14.0. The van der Waals surface area contributed by atoms with Gasteiger partial charge in [0.05, 0.1) is 29.3 Å². The Balaban J connectivity index is 1.48. The smallest absolute Gasteiger partial charge is 0.261 e. The van der Waals surface area contributed by atoms with Crippen molar-refractivity contribution in [3.05, 3.63) is 88.5 Å². The molecule has 7 nitrogen and oxygen atoms in total. The molecule has 2 heterocycles. The second-order valence-corrected chi connectivity index (χ2v) is 6.63. The molecule has 0 bridgehead atoms. The van der Waals surface area contributed by atoms with Crippen LogP contribution < -0.4 is 10.9 Å². The number of hydrogen-bond acceptors (Lipinski definition) is 4. The van der Waals surface area contributed by atoms with Crippen LogP contribution in [0, 0.1) is 12.7 Å². The van der Waals surface area contributed by atoms with Gasteiger partial charge < -0.3 is 5.32 Å². The molecule has 1 N–H and O–H groups in total.